The van der Waals surface area contributed by atoms with E-state index in [-0.39, 0.29) is 11.9 Å². The van der Waals surface area contributed by atoms with Crippen LogP contribution in [0.1, 0.15) is 5.56 Å². The van der Waals surface area contributed by atoms with Crippen LogP contribution in [0.5, 0.6) is 0 Å². The third-order valence-electron chi connectivity index (χ3n) is 5.20. The molecular formula is C23H20N6O3. The van der Waals surface area contributed by atoms with E-state index in [4.69, 9.17) is 4.74 Å². The Bertz CT molecular complexity index is 1190. The van der Waals surface area contributed by atoms with Crippen LogP contribution in [-0.2, 0) is 16.1 Å². The molecule has 0 saturated heterocycles. The van der Waals surface area contributed by atoms with Crippen LogP contribution < -0.4 is 5.32 Å². The number of nitrogens with one attached hydrogen (secondary N) is 1. The van der Waals surface area contributed by atoms with E-state index in [9.17, 15) is 9.59 Å². The number of carbonyl (C=O) groups is 2. The summed E-state index contributed by atoms with van der Waals surface area (Å²) in [4.78, 5) is 32.8. The monoisotopic (exact) mass is 428 g/mol. The largest absolute Gasteiger partial charge is 0.431 e. The summed E-state index contributed by atoms with van der Waals surface area (Å²) in [7, 11) is 0. The first-order valence-electron chi connectivity index (χ1n) is 10.1. The number of urea groups is 1. The second kappa shape index (κ2) is 8.38. The number of ether oxygens (including phenoxy) is 1. The van der Waals surface area contributed by atoms with Crippen molar-refractivity contribution in [2.45, 2.75) is 6.54 Å². The van der Waals surface area contributed by atoms with Crippen molar-refractivity contribution in [3.05, 3.63) is 90.6 Å². The fraction of sp³-hybridized carbons (Fsp3) is 0.130. The van der Waals surface area contributed by atoms with Gasteiger partial charge in [0.1, 0.15) is 12.0 Å². The van der Waals surface area contributed by atoms with Crippen LogP contribution in [0, 0.1) is 0 Å². The van der Waals surface area contributed by atoms with Crippen LogP contribution in [-0.4, -0.2) is 50.6 Å². The quantitative estimate of drug-likeness (QED) is 0.675. The molecule has 2 aromatic carbocycles. The maximum Gasteiger partial charge on any atom is 0.348 e. The number of amides is 3. The maximum atomic E-state index is 12.9. The first kappa shape index (κ1) is 19.6. The highest BCUT2D eigenvalue weighted by Crippen LogP contribution is 2.22. The van der Waals surface area contributed by atoms with Gasteiger partial charge in [0.15, 0.2) is 0 Å². The summed E-state index contributed by atoms with van der Waals surface area (Å²) in [6, 6.07) is 18.6. The third-order valence-corrected chi connectivity index (χ3v) is 5.20. The Hall–Kier alpha value is -4.40. The first-order chi connectivity index (χ1) is 15.7. The van der Waals surface area contributed by atoms with E-state index < -0.39 is 6.03 Å². The predicted octanol–water partition coefficient (Wildman–Crippen LogP) is 2.98. The molecule has 0 radical (unpaired) electrons. The van der Waals surface area contributed by atoms with Crippen molar-refractivity contribution in [1.82, 2.24) is 19.6 Å². The van der Waals surface area contributed by atoms with E-state index in [1.807, 2.05) is 54.7 Å². The Balaban J connectivity index is 1.25. The Morgan fingerprint density at radius 3 is 2.59 bits per heavy atom. The van der Waals surface area contributed by atoms with Crippen LogP contribution in [0.25, 0.3) is 5.69 Å². The van der Waals surface area contributed by atoms with Crippen molar-refractivity contribution < 1.29 is 14.3 Å². The van der Waals surface area contributed by atoms with Gasteiger partial charge in [0.25, 0.3) is 5.91 Å². The number of fused-ring (bicyclic) bond motifs is 1. The number of anilines is 1. The van der Waals surface area contributed by atoms with Gasteiger partial charge in [0.05, 0.1) is 5.69 Å². The molecule has 0 unspecified atom stereocenters. The number of benzene rings is 2. The van der Waals surface area contributed by atoms with Crippen molar-refractivity contribution >= 4 is 23.6 Å². The number of hydrogen-bond acceptors (Lipinski definition) is 5. The Labute approximate surface area is 184 Å². The van der Waals surface area contributed by atoms with Crippen molar-refractivity contribution in [2.75, 3.05) is 18.4 Å². The normalized spacial score (nSPS) is 15.4. The summed E-state index contributed by atoms with van der Waals surface area (Å²) >= 11 is 0. The molecule has 3 aromatic rings. The molecule has 0 aliphatic carbocycles. The number of aliphatic imine (C=N–C) groups is 1. The van der Waals surface area contributed by atoms with Crippen molar-refractivity contribution in [3.63, 3.8) is 0 Å². The zero-order chi connectivity index (χ0) is 21.9. The van der Waals surface area contributed by atoms with E-state index in [0.717, 1.165) is 11.3 Å². The number of amidine groups is 1. The number of nitrogens with zero attached hydrogens (tertiary/aromatic N) is 5. The molecule has 3 amide bonds. The van der Waals surface area contributed by atoms with Crippen LogP contribution in [0.3, 0.4) is 0 Å². The lowest BCUT2D eigenvalue weighted by atomic mass is 10.2. The number of carbonyl (C=O) groups excluding carboxylic acids is 2. The molecule has 2 aliphatic rings. The van der Waals surface area contributed by atoms with Crippen LogP contribution in [0.2, 0.25) is 0 Å². The molecule has 0 spiro atoms. The van der Waals surface area contributed by atoms with Crippen molar-refractivity contribution in [2.24, 2.45) is 4.99 Å². The minimum absolute atomic E-state index is 0.116. The molecule has 160 valence electrons. The molecule has 0 fully saturated rings. The predicted molar refractivity (Wildman–Crippen MR) is 118 cm³/mol. The second-order valence-electron chi connectivity index (χ2n) is 7.31. The Kier molecular flexibility index (Phi) is 5.12. The van der Waals surface area contributed by atoms with E-state index in [2.05, 4.69) is 15.4 Å². The SMILES string of the molecule is O=C(Nc1ccc(-n2cccn2)cc1)C1=COC2=NC(=O)N(Cc3ccccc3)CCN12. The standard InChI is InChI=1S/C23H20N6O3/c30-21(25-18-7-9-19(10-8-18)29-12-4-11-24-29)20-16-32-23-26-22(31)27(13-14-28(20)23)15-17-5-2-1-3-6-17/h1-12,16H,13-15H2,(H,25,30). The summed E-state index contributed by atoms with van der Waals surface area (Å²) in [5.41, 5.74) is 2.83. The minimum atomic E-state index is -0.393. The Morgan fingerprint density at radius 2 is 1.84 bits per heavy atom. The van der Waals surface area contributed by atoms with Gasteiger partial charge < -0.3 is 15.0 Å². The maximum absolute atomic E-state index is 12.9. The number of rotatable bonds is 5. The number of hydrogen-bond donors (Lipinski definition) is 1. The lowest BCUT2D eigenvalue weighted by Crippen LogP contribution is -2.36. The first-order valence-corrected chi connectivity index (χ1v) is 10.1. The molecule has 9 heteroatoms. The molecule has 0 atom stereocenters. The summed E-state index contributed by atoms with van der Waals surface area (Å²) in [5.74, 6) is -0.342. The molecule has 2 aliphatic heterocycles. The highest BCUT2D eigenvalue weighted by molar-refractivity contribution is 6.08. The lowest BCUT2D eigenvalue weighted by molar-refractivity contribution is -0.113. The van der Waals surface area contributed by atoms with Gasteiger partial charge in [-0.3, -0.25) is 9.69 Å². The number of aromatic nitrogens is 2. The summed E-state index contributed by atoms with van der Waals surface area (Å²) in [6.07, 6.45) is 4.87. The summed E-state index contributed by atoms with van der Waals surface area (Å²) in [6.45, 7) is 1.25. The smallest absolute Gasteiger partial charge is 0.348 e. The van der Waals surface area contributed by atoms with Gasteiger partial charge in [0.2, 0.25) is 0 Å². The molecule has 0 bridgehead atoms. The van der Waals surface area contributed by atoms with Gasteiger partial charge in [-0.05, 0) is 35.9 Å². The van der Waals surface area contributed by atoms with E-state index in [1.54, 1.807) is 32.8 Å². The second-order valence-corrected chi connectivity index (χ2v) is 7.31. The minimum Gasteiger partial charge on any atom is -0.431 e. The molecule has 32 heavy (non-hydrogen) atoms. The lowest BCUT2D eigenvalue weighted by Gasteiger charge is -2.21. The molecule has 0 saturated carbocycles. The molecule has 3 heterocycles. The van der Waals surface area contributed by atoms with Gasteiger partial charge in [-0.2, -0.15) is 5.10 Å². The van der Waals surface area contributed by atoms with Crippen molar-refractivity contribution in [1.29, 1.82) is 0 Å². The fourth-order valence-corrected chi connectivity index (χ4v) is 3.55. The zero-order valence-corrected chi connectivity index (χ0v) is 17.1. The molecular weight excluding hydrogens is 408 g/mol. The van der Waals surface area contributed by atoms with Crippen LogP contribution in [0.15, 0.2) is 90.0 Å². The van der Waals surface area contributed by atoms with Gasteiger partial charge in [-0.25, -0.2) is 9.48 Å². The van der Waals surface area contributed by atoms with Crippen LogP contribution in [0.4, 0.5) is 10.5 Å². The average Bonchev–Trinajstić information content (AvgIpc) is 3.45. The van der Waals surface area contributed by atoms with E-state index in [1.165, 1.54) is 6.26 Å². The highest BCUT2D eigenvalue weighted by Gasteiger charge is 2.33. The van der Waals surface area contributed by atoms with Gasteiger partial charge in [-0.15, -0.1) is 4.99 Å². The van der Waals surface area contributed by atoms with E-state index in [0.29, 0.717) is 31.0 Å². The summed E-state index contributed by atoms with van der Waals surface area (Å²) < 4.78 is 7.17. The van der Waals surface area contributed by atoms with Gasteiger partial charge >= 0.3 is 12.1 Å². The summed E-state index contributed by atoms with van der Waals surface area (Å²) in [5, 5.41) is 7.05. The van der Waals surface area contributed by atoms with Gasteiger partial charge in [-0.1, -0.05) is 30.3 Å². The van der Waals surface area contributed by atoms with Crippen molar-refractivity contribution in [3.8, 4) is 5.69 Å². The third kappa shape index (κ3) is 3.95. The van der Waals surface area contributed by atoms with Crippen LogP contribution >= 0.6 is 0 Å². The molecule has 1 aromatic heterocycles. The topological polar surface area (TPSA) is 92.1 Å². The molecule has 9 nitrogen and oxygen atoms in total. The van der Waals surface area contributed by atoms with Gasteiger partial charge in [0, 0.05) is 37.7 Å². The fourth-order valence-electron chi connectivity index (χ4n) is 3.55. The average molecular weight is 428 g/mol. The zero-order valence-electron chi connectivity index (χ0n) is 17.1. The Morgan fingerprint density at radius 1 is 1.03 bits per heavy atom. The molecule has 5 rings (SSSR count). The van der Waals surface area contributed by atoms with E-state index >= 15 is 0 Å². The molecule has 1 N–H and O–H groups in total. The highest BCUT2D eigenvalue weighted by atomic mass is 16.5.